The molecule has 1 unspecified atom stereocenters. The maximum Gasteiger partial charge on any atom is 0.411 e. The molecule has 166 valence electrons. The van der Waals surface area contributed by atoms with Gasteiger partial charge in [0.1, 0.15) is 6.17 Å². The summed E-state index contributed by atoms with van der Waals surface area (Å²) in [6, 6.07) is 5.50. The van der Waals surface area contributed by atoms with E-state index < -0.39 is 12.3 Å². The van der Waals surface area contributed by atoms with Crippen LogP contribution in [0, 0.1) is 0 Å². The highest BCUT2D eigenvalue weighted by Crippen LogP contribution is 2.38. The van der Waals surface area contributed by atoms with Crippen molar-refractivity contribution < 1.29 is 14.3 Å². The lowest BCUT2D eigenvalue weighted by atomic mass is 9.87. The second-order valence-corrected chi connectivity index (χ2v) is 8.82. The van der Waals surface area contributed by atoms with E-state index in [9.17, 15) is 9.59 Å². The number of rotatable bonds is 3. The predicted molar refractivity (Wildman–Crippen MR) is 120 cm³/mol. The van der Waals surface area contributed by atoms with Crippen molar-refractivity contribution in [3.63, 3.8) is 0 Å². The average molecular weight is 445 g/mol. The summed E-state index contributed by atoms with van der Waals surface area (Å²) in [5.41, 5.74) is 9.65. The first kappa shape index (κ1) is 21.8. The Labute approximate surface area is 187 Å². The quantitative estimate of drug-likeness (QED) is 0.775. The molecule has 0 bridgehead atoms. The zero-order chi connectivity index (χ0) is 22.1. The van der Waals surface area contributed by atoms with Crippen molar-refractivity contribution in [2.45, 2.75) is 51.6 Å². The van der Waals surface area contributed by atoms with Gasteiger partial charge < -0.3 is 15.4 Å². The van der Waals surface area contributed by atoms with E-state index in [0.29, 0.717) is 31.2 Å². The summed E-state index contributed by atoms with van der Waals surface area (Å²) in [6.07, 6.45) is 2.90. The van der Waals surface area contributed by atoms with Gasteiger partial charge in [0.25, 0.3) is 5.91 Å². The first-order chi connectivity index (χ1) is 14.9. The second kappa shape index (κ2) is 9.01. The van der Waals surface area contributed by atoms with E-state index in [4.69, 9.17) is 27.1 Å². The van der Waals surface area contributed by atoms with Crippen LogP contribution in [0.4, 0.5) is 4.79 Å². The highest BCUT2D eigenvalue weighted by Gasteiger charge is 2.32. The van der Waals surface area contributed by atoms with Crippen LogP contribution in [0.1, 0.15) is 60.6 Å². The zero-order valence-corrected chi connectivity index (χ0v) is 18.8. The van der Waals surface area contributed by atoms with Gasteiger partial charge in [-0.25, -0.2) is 4.79 Å². The van der Waals surface area contributed by atoms with Gasteiger partial charge in [-0.1, -0.05) is 31.5 Å². The number of hydrogen-bond donors (Lipinski definition) is 1. The Morgan fingerprint density at radius 2 is 2.13 bits per heavy atom. The minimum absolute atomic E-state index is 0.123. The molecule has 2 aliphatic rings. The summed E-state index contributed by atoms with van der Waals surface area (Å²) in [5, 5.41) is 1.64. The molecule has 0 saturated carbocycles. The van der Waals surface area contributed by atoms with E-state index in [1.54, 1.807) is 11.0 Å². The van der Waals surface area contributed by atoms with E-state index in [-0.39, 0.29) is 12.5 Å². The van der Waals surface area contributed by atoms with Gasteiger partial charge in [-0.15, -0.1) is 0 Å². The summed E-state index contributed by atoms with van der Waals surface area (Å²) in [4.78, 5) is 33.3. The number of carbonyl (C=O) groups excluding carboxylic acids is 2. The third kappa shape index (κ3) is 4.21. The van der Waals surface area contributed by atoms with Crippen LogP contribution in [0.15, 0.2) is 18.2 Å². The summed E-state index contributed by atoms with van der Waals surface area (Å²) >= 11 is 6.71. The number of aromatic nitrogens is 1. The Morgan fingerprint density at radius 1 is 1.32 bits per heavy atom. The highest BCUT2D eigenvalue weighted by atomic mass is 35.5. The first-order valence-corrected chi connectivity index (χ1v) is 11.4. The van der Waals surface area contributed by atoms with Crippen molar-refractivity contribution in [3.05, 3.63) is 40.0 Å². The molecular weight excluding hydrogens is 416 g/mol. The molecule has 1 aliphatic heterocycles. The molecule has 2 atom stereocenters. The molecule has 2 aromatic rings. The summed E-state index contributed by atoms with van der Waals surface area (Å²) in [7, 11) is 0. The van der Waals surface area contributed by atoms with Gasteiger partial charge in [-0.05, 0) is 49.3 Å². The Hall–Kier alpha value is -2.38. The lowest BCUT2D eigenvalue weighted by molar-refractivity contribution is 0.0390. The Kier molecular flexibility index (Phi) is 6.34. The molecule has 1 fully saturated rings. The first-order valence-electron chi connectivity index (χ1n) is 11.0. The largest absolute Gasteiger partial charge is 0.449 e. The zero-order valence-electron chi connectivity index (χ0n) is 18.1. The molecule has 2 N–H and O–H groups in total. The third-order valence-electron chi connectivity index (χ3n) is 6.20. The Balaban J connectivity index is 1.54. The van der Waals surface area contributed by atoms with Gasteiger partial charge in [0.05, 0.1) is 23.7 Å². The molecule has 0 radical (unpaired) electrons. The van der Waals surface area contributed by atoms with E-state index in [1.165, 1.54) is 4.90 Å². The van der Waals surface area contributed by atoms with Gasteiger partial charge >= 0.3 is 6.09 Å². The monoisotopic (exact) mass is 444 g/mol. The number of piperazine rings is 1. The second-order valence-electron chi connectivity index (χ2n) is 8.44. The number of amides is 2. The number of nitrogens with two attached hydrogens (primary N) is 1. The number of nitrogens with zero attached hydrogens (tertiary/aromatic N) is 3. The van der Waals surface area contributed by atoms with Crippen LogP contribution in [0.5, 0.6) is 0 Å². The van der Waals surface area contributed by atoms with Crippen LogP contribution in [0.25, 0.3) is 10.9 Å². The molecular formula is C23H29ClN4O3. The van der Waals surface area contributed by atoms with Crippen LogP contribution in [-0.4, -0.2) is 59.2 Å². The summed E-state index contributed by atoms with van der Waals surface area (Å²) in [5.74, 6) is 0.242. The Morgan fingerprint density at radius 3 is 2.87 bits per heavy atom. The number of fused-ring (bicyclic) bond motifs is 2. The van der Waals surface area contributed by atoms with Crippen molar-refractivity contribution in [2.24, 2.45) is 5.73 Å². The van der Waals surface area contributed by atoms with Gasteiger partial charge in [0.2, 0.25) is 0 Å². The molecule has 1 aliphatic carbocycles. The number of pyridine rings is 1. The van der Waals surface area contributed by atoms with Crippen LogP contribution in [0.2, 0.25) is 5.02 Å². The van der Waals surface area contributed by atoms with Gasteiger partial charge in [0, 0.05) is 29.7 Å². The van der Waals surface area contributed by atoms with Crippen molar-refractivity contribution in [1.29, 1.82) is 0 Å². The summed E-state index contributed by atoms with van der Waals surface area (Å²) < 4.78 is 5.18. The molecule has 0 spiro atoms. The molecule has 4 rings (SSSR count). The van der Waals surface area contributed by atoms with Crippen LogP contribution < -0.4 is 5.73 Å². The molecule has 7 nitrogen and oxygen atoms in total. The molecule has 2 heterocycles. The number of ether oxygens (including phenoxy) is 1. The van der Waals surface area contributed by atoms with Crippen LogP contribution in [-0.2, 0) is 11.2 Å². The van der Waals surface area contributed by atoms with Crippen molar-refractivity contribution in [3.8, 4) is 0 Å². The molecule has 1 aromatic heterocycles. The maximum atomic E-state index is 13.2. The number of hydrogen-bond acceptors (Lipinski definition) is 5. The standard InChI is InChI=1S/C23H29ClN4O3/c1-3-11-31-23(30)28-10-9-27(13-19(28)25)22(29)15-7-8-16-18(12-15)26-21-14(2)5-4-6-17(21)20(16)24/h7-8,12,14,19H,3-6,9-11,13,25H2,1-2H3/t14?,19-/m0/s1. The minimum Gasteiger partial charge on any atom is -0.449 e. The van der Waals surface area contributed by atoms with Crippen LogP contribution in [0.3, 0.4) is 0 Å². The fourth-order valence-corrected chi connectivity index (χ4v) is 4.81. The van der Waals surface area contributed by atoms with Crippen molar-refractivity contribution in [2.75, 3.05) is 26.2 Å². The van der Waals surface area contributed by atoms with E-state index >= 15 is 0 Å². The average Bonchev–Trinajstić information content (AvgIpc) is 2.77. The third-order valence-corrected chi connectivity index (χ3v) is 6.63. The molecule has 1 aromatic carbocycles. The Bertz CT molecular complexity index is 1010. The molecule has 2 amide bonds. The summed E-state index contributed by atoms with van der Waals surface area (Å²) in [6.45, 7) is 5.48. The van der Waals surface area contributed by atoms with Gasteiger partial charge in [-0.3, -0.25) is 14.7 Å². The SMILES string of the molecule is CCCOC(=O)N1CCN(C(=O)c2ccc3c(Cl)c4c(nc3c2)C(C)CCC4)C[C@H]1N. The van der Waals surface area contributed by atoms with E-state index in [1.807, 2.05) is 19.1 Å². The van der Waals surface area contributed by atoms with Crippen LogP contribution >= 0.6 is 11.6 Å². The van der Waals surface area contributed by atoms with Gasteiger partial charge in [0.15, 0.2) is 0 Å². The fourth-order valence-electron chi connectivity index (χ4n) is 4.46. The van der Waals surface area contributed by atoms with E-state index in [0.717, 1.165) is 52.9 Å². The van der Waals surface area contributed by atoms with Crippen molar-refractivity contribution >= 4 is 34.5 Å². The topological polar surface area (TPSA) is 88.8 Å². The van der Waals surface area contributed by atoms with Gasteiger partial charge in [-0.2, -0.15) is 0 Å². The van der Waals surface area contributed by atoms with E-state index in [2.05, 4.69) is 6.92 Å². The number of benzene rings is 1. The lowest BCUT2D eigenvalue weighted by Gasteiger charge is -2.38. The predicted octanol–water partition coefficient (Wildman–Crippen LogP) is 3.92. The normalized spacial score (nSPS) is 21.2. The maximum absolute atomic E-state index is 13.2. The lowest BCUT2D eigenvalue weighted by Crippen LogP contribution is -2.60. The molecule has 31 heavy (non-hydrogen) atoms. The highest BCUT2D eigenvalue weighted by molar-refractivity contribution is 6.36. The smallest absolute Gasteiger partial charge is 0.411 e. The van der Waals surface area contributed by atoms with Crippen molar-refractivity contribution in [1.82, 2.24) is 14.8 Å². The minimum atomic E-state index is -0.594. The number of halogens is 1. The molecule has 1 saturated heterocycles. The fraction of sp³-hybridized carbons (Fsp3) is 0.522. The molecule has 8 heteroatoms. The number of carbonyl (C=O) groups is 2.